The molecule has 1 aromatic carbocycles. The maximum absolute atomic E-state index is 5.82. The first-order valence-corrected chi connectivity index (χ1v) is 5.88. The fourth-order valence-electron chi connectivity index (χ4n) is 2.28. The van der Waals surface area contributed by atoms with Gasteiger partial charge in [-0.1, -0.05) is 6.92 Å². The van der Waals surface area contributed by atoms with Gasteiger partial charge in [0.15, 0.2) is 11.0 Å². The lowest BCUT2D eigenvalue weighted by Crippen LogP contribution is -2.20. The zero-order valence-electron chi connectivity index (χ0n) is 10.1. The summed E-state index contributed by atoms with van der Waals surface area (Å²) < 4.78 is 4.77. The first-order chi connectivity index (χ1) is 8.16. The molecule has 0 radical (unpaired) electrons. The molecule has 2 unspecified atom stereocenters. The molecule has 1 aliphatic carbocycles. The van der Waals surface area contributed by atoms with E-state index in [-0.39, 0.29) is 0 Å². The van der Waals surface area contributed by atoms with Gasteiger partial charge >= 0.3 is 0 Å². The fraction of sp³-hybridized carbons (Fsp3) is 0.500. The van der Waals surface area contributed by atoms with Crippen molar-refractivity contribution in [3.05, 3.63) is 12.1 Å². The molecule has 1 heterocycles. The molecular weight excluding hydrogens is 216 g/mol. The van der Waals surface area contributed by atoms with Crippen LogP contribution in [0.25, 0.3) is 11.0 Å². The topological polar surface area (TPSA) is 68.2 Å². The second-order valence-electron chi connectivity index (χ2n) is 4.99. The number of aromatic nitrogens is 2. The zero-order valence-corrected chi connectivity index (χ0v) is 10.1. The van der Waals surface area contributed by atoms with E-state index in [4.69, 9.17) is 10.4 Å². The lowest BCUT2D eigenvalue weighted by atomic mass is 10.2. The van der Waals surface area contributed by atoms with Crippen molar-refractivity contribution < 1.29 is 4.63 Å². The Hall–Kier alpha value is -1.78. The van der Waals surface area contributed by atoms with Crippen molar-refractivity contribution in [1.29, 1.82) is 0 Å². The largest absolute Gasteiger partial charge is 0.397 e. The van der Waals surface area contributed by atoms with Crippen LogP contribution >= 0.6 is 0 Å². The van der Waals surface area contributed by atoms with Crippen molar-refractivity contribution in [2.75, 3.05) is 24.2 Å². The summed E-state index contributed by atoms with van der Waals surface area (Å²) in [7, 11) is 2.07. The number of rotatable bonds is 3. The Morgan fingerprint density at radius 2 is 2.12 bits per heavy atom. The third-order valence-corrected chi connectivity index (χ3v) is 3.62. The summed E-state index contributed by atoms with van der Waals surface area (Å²) in [4.78, 5) is 2.21. The Morgan fingerprint density at radius 1 is 1.41 bits per heavy atom. The maximum atomic E-state index is 5.82. The monoisotopic (exact) mass is 232 g/mol. The standard InChI is InChI=1S/C12H16N4O/c1-7-5-8(7)6-16(2)10-4-3-9(13)11-12(10)15-17-14-11/h3-4,7-8H,5-6,13H2,1-2H3. The molecule has 0 saturated heterocycles. The Bertz CT molecular complexity index is 550. The van der Waals surface area contributed by atoms with Crippen LogP contribution in [0.4, 0.5) is 11.4 Å². The van der Waals surface area contributed by atoms with Gasteiger partial charge in [0.05, 0.1) is 11.4 Å². The van der Waals surface area contributed by atoms with E-state index >= 15 is 0 Å². The Morgan fingerprint density at radius 3 is 2.82 bits per heavy atom. The fourth-order valence-corrected chi connectivity index (χ4v) is 2.28. The predicted molar refractivity (Wildman–Crippen MR) is 66.8 cm³/mol. The second kappa shape index (κ2) is 3.61. The summed E-state index contributed by atoms with van der Waals surface area (Å²) in [6.45, 7) is 3.34. The normalized spacial score (nSPS) is 22.9. The highest BCUT2D eigenvalue weighted by Crippen LogP contribution is 2.39. The predicted octanol–water partition coefficient (Wildman–Crippen LogP) is 1.90. The molecule has 5 nitrogen and oxygen atoms in total. The SMILES string of the molecule is CC1CC1CN(C)c1ccc(N)c2nonc12. The first kappa shape index (κ1) is 10.4. The lowest BCUT2D eigenvalue weighted by Gasteiger charge is -2.19. The maximum Gasteiger partial charge on any atom is 0.160 e. The zero-order chi connectivity index (χ0) is 12.0. The van der Waals surface area contributed by atoms with E-state index in [9.17, 15) is 0 Å². The number of nitrogens with two attached hydrogens (primary N) is 1. The van der Waals surface area contributed by atoms with Crippen molar-refractivity contribution in [2.24, 2.45) is 11.8 Å². The van der Waals surface area contributed by atoms with Crippen LogP contribution in [-0.2, 0) is 0 Å². The molecule has 2 atom stereocenters. The number of nitrogen functional groups attached to an aromatic ring is 1. The van der Waals surface area contributed by atoms with Gasteiger partial charge in [-0.2, -0.15) is 0 Å². The van der Waals surface area contributed by atoms with E-state index in [1.54, 1.807) is 0 Å². The summed E-state index contributed by atoms with van der Waals surface area (Å²) in [5.41, 5.74) is 8.87. The smallest absolute Gasteiger partial charge is 0.160 e. The minimum Gasteiger partial charge on any atom is -0.397 e. The third kappa shape index (κ3) is 1.71. The average molecular weight is 232 g/mol. The van der Waals surface area contributed by atoms with Crippen molar-refractivity contribution in [3.63, 3.8) is 0 Å². The van der Waals surface area contributed by atoms with Crippen LogP contribution in [0, 0.1) is 11.8 Å². The molecule has 1 aliphatic rings. The third-order valence-electron chi connectivity index (χ3n) is 3.62. The molecule has 1 fully saturated rings. The number of hydrogen-bond acceptors (Lipinski definition) is 5. The Kier molecular flexibility index (Phi) is 2.21. The Labute approximate surface area is 99.5 Å². The van der Waals surface area contributed by atoms with Gasteiger partial charge in [-0.05, 0) is 40.7 Å². The molecule has 90 valence electrons. The van der Waals surface area contributed by atoms with Gasteiger partial charge in [-0.25, -0.2) is 4.63 Å². The van der Waals surface area contributed by atoms with E-state index in [1.807, 2.05) is 12.1 Å². The molecule has 1 saturated carbocycles. The van der Waals surface area contributed by atoms with E-state index in [2.05, 4.69) is 29.2 Å². The molecule has 5 heteroatoms. The molecule has 0 bridgehead atoms. The van der Waals surface area contributed by atoms with Crippen LogP contribution in [0.1, 0.15) is 13.3 Å². The van der Waals surface area contributed by atoms with E-state index < -0.39 is 0 Å². The van der Waals surface area contributed by atoms with Gasteiger partial charge in [0, 0.05) is 13.6 Å². The van der Waals surface area contributed by atoms with Gasteiger partial charge in [-0.15, -0.1) is 0 Å². The Balaban J connectivity index is 1.93. The molecule has 17 heavy (non-hydrogen) atoms. The molecule has 1 aromatic heterocycles. The molecule has 0 amide bonds. The summed E-state index contributed by atoms with van der Waals surface area (Å²) >= 11 is 0. The summed E-state index contributed by atoms with van der Waals surface area (Å²) in [6.07, 6.45) is 1.32. The second-order valence-corrected chi connectivity index (χ2v) is 4.99. The van der Waals surface area contributed by atoms with Crippen LogP contribution in [0.5, 0.6) is 0 Å². The summed E-state index contributed by atoms with van der Waals surface area (Å²) in [6, 6.07) is 3.84. The number of nitrogens with zero attached hydrogens (tertiary/aromatic N) is 3. The van der Waals surface area contributed by atoms with Crippen LogP contribution in [0.15, 0.2) is 16.8 Å². The molecule has 3 rings (SSSR count). The highest BCUT2D eigenvalue weighted by molar-refractivity contribution is 5.95. The van der Waals surface area contributed by atoms with E-state index in [0.29, 0.717) is 11.2 Å². The van der Waals surface area contributed by atoms with Crippen molar-refractivity contribution in [2.45, 2.75) is 13.3 Å². The van der Waals surface area contributed by atoms with Gasteiger partial charge in [-0.3, -0.25) is 0 Å². The summed E-state index contributed by atoms with van der Waals surface area (Å²) in [5, 5.41) is 7.77. The molecule has 0 spiro atoms. The molecule has 2 N–H and O–H groups in total. The van der Waals surface area contributed by atoms with Gasteiger partial charge < -0.3 is 10.6 Å². The molecule has 0 aliphatic heterocycles. The average Bonchev–Trinajstić information content (AvgIpc) is 2.82. The van der Waals surface area contributed by atoms with Crippen LogP contribution in [0.3, 0.4) is 0 Å². The first-order valence-electron chi connectivity index (χ1n) is 5.88. The number of anilines is 2. The number of benzene rings is 1. The number of hydrogen-bond donors (Lipinski definition) is 1. The highest BCUT2D eigenvalue weighted by atomic mass is 16.6. The molecular formula is C12H16N4O. The van der Waals surface area contributed by atoms with Gasteiger partial charge in [0.1, 0.15) is 0 Å². The van der Waals surface area contributed by atoms with Crippen molar-refractivity contribution in [3.8, 4) is 0 Å². The molecule has 2 aromatic rings. The van der Waals surface area contributed by atoms with Crippen LogP contribution < -0.4 is 10.6 Å². The van der Waals surface area contributed by atoms with Crippen molar-refractivity contribution in [1.82, 2.24) is 10.3 Å². The van der Waals surface area contributed by atoms with Crippen LogP contribution in [0.2, 0.25) is 0 Å². The van der Waals surface area contributed by atoms with Gasteiger partial charge in [0.2, 0.25) is 0 Å². The highest BCUT2D eigenvalue weighted by Gasteiger charge is 2.33. The van der Waals surface area contributed by atoms with Gasteiger partial charge in [0.25, 0.3) is 0 Å². The minimum atomic E-state index is 0.609. The minimum absolute atomic E-state index is 0.609. The lowest BCUT2D eigenvalue weighted by molar-refractivity contribution is 0.315. The quantitative estimate of drug-likeness (QED) is 0.818. The summed E-state index contributed by atoms with van der Waals surface area (Å²) in [5.74, 6) is 1.64. The number of fused-ring (bicyclic) bond motifs is 1. The van der Waals surface area contributed by atoms with E-state index in [0.717, 1.165) is 29.6 Å². The van der Waals surface area contributed by atoms with E-state index in [1.165, 1.54) is 6.42 Å². The van der Waals surface area contributed by atoms with Crippen molar-refractivity contribution >= 4 is 22.4 Å². The van der Waals surface area contributed by atoms with Crippen LogP contribution in [-0.4, -0.2) is 23.9 Å².